The van der Waals surface area contributed by atoms with Gasteiger partial charge in [-0.1, -0.05) is 35.9 Å². The van der Waals surface area contributed by atoms with Crippen LogP contribution in [0.2, 0.25) is 5.02 Å². The number of hydrogen-bond donors (Lipinski definition) is 3. The van der Waals surface area contributed by atoms with Crippen molar-refractivity contribution in [1.82, 2.24) is 10.6 Å². The molecule has 1 heterocycles. The largest absolute Gasteiger partial charge is 0.352 e. The standard InChI is InChI=1S/C22H26ClN3O2/c23-20-9-7-19(8-10-20)22(28)24-12-11-21(27)25-15-17-3-5-18(6-4-17)16-26-13-1-2-14-26/h3-10H,1-2,11-16H2,(H,24,28)(H,25,27)/p+1. The van der Waals surface area contributed by atoms with Crippen LogP contribution in [0.15, 0.2) is 48.5 Å². The fourth-order valence-electron chi connectivity index (χ4n) is 3.40. The molecule has 0 aromatic heterocycles. The van der Waals surface area contributed by atoms with Crippen molar-refractivity contribution < 1.29 is 14.5 Å². The molecule has 1 aliphatic heterocycles. The monoisotopic (exact) mass is 400 g/mol. The molecular weight excluding hydrogens is 374 g/mol. The summed E-state index contributed by atoms with van der Waals surface area (Å²) in [6, 6.07) is 15.1. The van der Waals surface area contributed by atoms with E-state index in [0.29, 0.717) is 23.7 Å². The van der Waals surface area contributed by atoms with Gasteiger partial charge in [0.25, 0.3) is 5.91 Å². The fourth-order valence-corrected chi connectivity index (χ4v) is 3.52. The molecule has 0 unspecified atom stereocenters. The number of carbonyl (C=O) groups excluding carboxylic acids is 2. The average molecular weight is 401 g/mol. The summed E-state index contributed by atoms with van der Waals surface area (Å²) < 4.78 is 0. The Morgan fingerprint density at radius 1 is 0.893 bits per heavy atom. The van der Waals surface area contributed by atoms with Gasteiger partial charge in [-0.25, -0.2) is 0 Å². The molecule has 3 rings (SSSR count). The van der Waals surface area contributed by atoms with Crippen LogP contribution in [0.5, 0.6) is 0 Å². The van der Waals surface area contributed by atoms with Gasteiger partial charge in [-0.3, -0.25) is 9.59 Å². The van der Waals surface area contributed by atoms with Gasteiger partial charge in [0.1, 0.15) is 6.54 Å². The van der Waals surface area contributed by atoms with E-state index in [1.165, 1.54) is 31.5 Å². The molecular formula is C22H27ClN3O2+. The molecule has 1 aliphatic rings. The van der Waals surface area contributed by atoms with Gasteiger partial charge in [-0.15, -0.1) is 0 Å². The molecule has 2 amide bonds. The number of rotatable bonds is 8. The maximum atomic E-state index is 12.0. The molecule has 5 nitrogen and oxygen atoms in total. The Bertz CT molecular complexity index is 784. The van der Waals surface area contributed by atoms with Gasteiger partial charge >= 0.3 is 0 Å². The first kappa shape index (κ1) is 20.4. The van der Waals surface area contributed by atoms with Crippen molar-refractivity contribution in [3.05, 3.63) is 70.2 Å². The zero-order chi connectivity index (χ0) is 19.8. The van der Waals surface area contributed by atoms with E-state index < -0.39 is 0 Å². The summed E-state index contributed by atoms with van der Waals surface area (Å²) in [6.45, 7) is 4.42. The fraction of sp³-hybridized carbons (Fsp3) is 0.364. The van der Waals surface area contributed by atoms with E-state index in [1.54, 1.807) is 29.2 Å². The van der Waals surface area contributed by atoms with Crippen LogP contribution in [-0.2, 0) is 17.9 Å². The number of carbonyl (C=O) groups is 2. The van der Waals surface area contributed by atoms with Crippen LogP contribution >= 0.6 is 11.6 Å². The summed E-state index contributed by atoms with van der Waals surface area (Å²) in [4.78, 5) is 25.6. The number of nitrogens with one attached hydrogen (secondary N) is 3. The van der Waals surface area contributed by atoms with E-state index in [2.05, 4.69) is 34.9 Å². The smallest absolute Gasteiger partial charge is 0.251 e. The molecule has 2 aromatic carbocycles. The summed E-state index contributed by atoms with van der Waals surface area (Å²) in [5, 5.41) is 6.23. The van der Waals surface area contributed by atoms with Gasteiger partial charge in [0.2, 0.25) is 5.91 Å². The SMILES string of the molecule is O=C(CCNC(=O)c1ccc(Cl)cc1)NCc1ccc(C[NH+]2CCCC2)cc1. The second-order valence-electron chi connectivity index (χ2n) is 7.24. The molecule has 0 aliphatic carbocycles. The van der Waals surface area contributed by atoms with Crippen molar-refractivity contribution in [3.63, 3.8) is 0 Å². The third-order valence-electron chi connectivity index (χ3n) is 5.02. The molecule has 0 spiro atoms. The van der Waals surface area contributed by atoms with Crippen molar-refractivity contribution in [2.75, 3.05) is 19.6 Å². The minimum absolute atomic E-state index is 0.0815. The minimum Gasteiger partial charge on any atom is -0.352 e. The molecule has 28 heavy (non-hydrogen) atoms. The highest BCUT2D eigenvalue weighted by Crippen LogP contribution is 2.09. The van der Waals surface area contributed by atoms with Crippen molar-refractivity contribution >= 4 is 23.4 Å². The lowest BCUT2D eigenvalue weighted by Crippen LogP contribution is -3.08. The van der Waals surface area contributed by atoms with Gasteiger partial charge in [0, 0.05) is 48.5 Å². The van der Waals surface area contributed by atoms with Gasteiger partial charge in [-0.05, 0) is 29.8 Å². The molecule has 1 fully saturated rings. The first-order valence-corrected chi connectivity index (χ1v) is 10.2. The highest BCUT2D eigenvalue weighted by molar-refractivity contribution is 6.30. The highest BCUT2D eigenvalue weighted by atomic mass is 35.5. The summed E-state index contributed by atoms with van der Waals surface area (Å²) in [5.74, 6) is -0.290. The number of benzene rings is 2. The number of amides is 2. The Balaban J connectivity index is 1.34. The number of hydrogen-bond acceptors (Lipinski definition) is 2. The Labute approximate surface area is 171 Å². The highest BCUT2D eigenvalue weighted by Gasteiger charge is 2.15. The van der Waals surface area contributed by atoms with Crippen LogP contribution in [-0.4, -0.2) is 31.4 Å². The van der Waals surface area contributed by atoms with E-state index in [1.807, 2.05) is 0 Å². The second-order valence-corrected chi connectivity index (χ2v) is 7.68. The van der Waals surface area contributed by atoms with Crippen molar-refractivity contribution in [2.45, 2.75) is 32.4 Å². The molecule has 0 radical (unpaired) electrons. The quantitative estimate of drug-likeness (QED) is 0.634. The number of halogens is 1. The Morgan fingerprint density at radius 3 is 2.21 bits per heavy atom. The Morgan fingerprint density at radius 2 is 1.54 bits per heavy atom. The molecule has 3 N–H and O–H groups in total. The normalized spacial score (nSPS) is 14.0. The molecule has 2 aromatic rings. The first-order chi connectivity index (χ1) is 13.6. The maximum Gasteiger partial charge on any atom is 0.251 e. The number of likely N-dealkylation sites (tertiary alicyclic amines) is 1. The Hall–Kier alpha value is -2.37. The van der Waals surface area contributed by atoms with E-state index in [9.17, 15) is 9.59 Å². The molecule has 0 bridgehead atoms. The summed E-state index contributed by atoms with van der Waals surface area (Å²) in [5.41, 5.74) is 2.95. The molecule has 1 saturated heterocycles. The average Bonchev–Trinajstić information content (AvgIpc) is 3.21. The lowest BCUT2D eigenvalue weighted by molar-refractivity contribution is -0.901. The van der Waals surface area contributed by atoms with E-state index in [-0.39, 0.29) is 18.2 Å². The van der Waals surface area contributed by atoms with Crippen LogP contribution in [0.4, 0.5) is 0 Å². The summed E-state index contributed by atoms with van der Waals surface area (Å²) in [7, 11) is 0. The van der Waals surface area contributed by atoms with Crippen LogP contribution < -0.4 is 15.5 Å². The predicted octanol–water partition coefficient (Wildman–Crippen LogP) is 1.95. The maximum absolute atomic E-state index is 12.0. The van der Waals surface area contributed by atoms with Gasteiger partial charge in [0.05, 0.1) is 13.1 Å². The first-order valence-electron chi connectivity index (χ1n) is 9.82. The molecule has 0 saturated carbocycles. The zero-order valence-electron chi connectivity index (χ0n) is 16.0. The van der Waals surface area contributed by atoms with Crippen molar-refractivity contribution in [2.24, 2.45) is 0 Å². The summed E-state index contributed by atoms with van der Waals surface area (Å²) in [6.07, 6.45) is 2.91. The Kier molecular flexibility index (Phi) is 7.46. The van der Waals surface area contributed by atoms with Crippen LogP contribution in [0, 0.1) is 0 Å². The predicted molar refractivity (Wildman–Crippen MR) is 110 cm³/mol. The van der Waals surface area contributed by atoms with E-state index >= 15 is 0 Å². The molecule has 0 atom stereocenters. The third-order valence-corrected chi connectivity index (χ3v) is 5.27. The lowest BCUT2D eigenvalue weighted by Gasteiger charge is -2.12. The van der Waals surface area contributed by atoms with Crippen LogP contribution in [0.1, 0.15) is 40.7 Å². The molecule has 6 heteroatoms. The van der Waals surface area contributed by atoms with Gasteiger partial charge < -0.3 is 15.5 Å². The summed E-state index contributed by atoms with van der Waals surface area (Å²) >= 11 is 5.81. The van der Waals surface area contributed by atoms with Gasteiger partial charge in [0.15, 0.2) is 0 Å². The zero-order valence-corrected chi connectivity index (χ0v) is 16.7. The van der Waals surface area contributed by atoms with Crippen LogP contribution in [0.3, 0.4) is 0 Å². The second kappa shape index (κ2) is 10.2. The lowest BCUT2D eigenvalue weighted by atomic mass is 10.1. The van der Waals surface area contributed by atoms with E-state index in [0.717, 1.165) is 12.1 Å². The van der Waals surface area contributed by atoms with Gasteiger partial charge in [-0.2, -0.15) is 0 Å². The van der Waals surface area contributed by atoms with Crippen molar-refractivity contribution in [3.8, 4) is 0 Å². The number of quaternary nitrogens is 1. The minimum atomic E-state index is -0.208. The topological polar surface area (TPSA) is 62.6 Å². The van der Waals surface area contributed by atoms with E-state index in [4.69, 9.17) is 11.6 Å². The van der Waals surface area contributed by atoms with Crippen molar-refractivity contribution in [1.29, 1.82) is 0 Å². The van der Waals surface area contributed by atoms with Crippen LogP contribution in [0.25, 0.3) is 0 Å². The molecule has 148 valence electrons. The third kappa shape index (κ3) is 6.36.